The third kappa shape index (κ3) is 3.86. The van der Waals surface area contributed by atoms with Gasteiger partial charge in [-0.3, -0.25) is 4.79 Å². The van der Waals surface area contributed by atoms with Crippen LogP contribution in [-0.2, 0) is 10.2 Å². The zero-order chi connectivity index (χ0) is 13.1. The van der Waals surface area contributed by atoms with Crippen LogP contribution in [0.15, 0.2) is 23.3 Å². The van der Waals surface area contributed by atoms with Gasteiger partial charge in [-0.25, -0.2) is 5.53 Å². The number of carbonyl (C=O) groups excluding carboxylic acids is 1. The van der Waals surface area contributed by atoms with Gasteiger partial charge >= 0.3 is 0 Å². The van der Waals surface area contributed by atoms with Crippen LogP contribution in [0.3, 0.4) is 0 Å². The number of hydrogen-bond acceptors (Lipinski definition) is 4. The molecule has 0 aliphatic rings. The minimum atomic E-state index is -0.370. The van der Waals surface area contributed by atoms with E-state index in [0.717, 1.165) is 5.56 Å². The van der Waals surface area contributed by atoms with Crippen molar-refractivity contribution in [1.82, 2.24) is 0 Å². The first kappa shape index (κ1) is 13.2. The molecule has 1 amide bonds. The number of anilines is 1. The minimum absolute atomic E-state index is 0.107. The molecule has 0 aliphatic heterocycles. The summed E-state index contributed by atoms with van der Waals surface area (Å²) in [4.78, 5) is 11.3. The molecule has 0 saturated carbocycles. The van der Waals surface area contributed by atoms with Crippen molar-refractivity contribution in [2.75, 3.05) is 11.9 Å². The van der Waals surface area contributed by atoms with Gasteiger partial charge in [0.1, 0.15) is 12.3 Å². The largest absolute Gasteiger partial charge is 0.508 e. The summed E-state index contributed by atoms with van der Waals surface area (Å²) >= 11 is 0. The van der Waals surface area contributed by atoms with Crippen LogP contribution in [0.25, 0.3) is 0 Å². The van der Waals surface area contributed by atoms with Crippen LogP contribution < -0.4 is 5.32 Å². The summed E-state index contributed by atoms with van der Waals surface area (Å²) in [5.74, 6) is -0.263. The molecular weight excluding hydrogens is 218 g/mol. The Morgan fingerprint density at radius 3 is 2.59 bits per heavy atom. The van der Waals surface area contributed by atoms with Crippen molar-refractivity contribution < 1.29 is 9.90 Å². The van der Waals surface area contributed by atoms with Crippen molar-refractivity contribution in [3.8, 4) is 5.75 Å². The lowest BCUT2D eigenvalue weighted by Gasteiger charge is -2.20. The highest BCUT2D eigenvalue weighted by molar-refractivity contribution is 5.92. The van der Waals surface area contributed by atoms with Gasteiger partial charge in [0, 0.05) is 11.8 Å². The number of aromatic hydroxyl groups is 1. The number of carbonyl (C=O) groups is 1. The fourth-order valence-electron chi connectivity index (χ4n) is 1.39. The van der Waals surface area contributed by atoms with Gasteiger partial charge in [0.05, 0.1) is 0 Å². The van der Waals surface area contributed by atoms with E-state index < -0.39 is 0 Å². The molecule has 0 spiro atoms. The molecular formula is C12H17N3O2. The van der Waals surface area contributed by atoms with Gasteiger partial charge in [0.15, 0.2) is 0 Å². The van der Waals surface area contributed by atoms with Crippen molar-refractivity contribution in [2.24, 2.45) is 5.11 Å². The summed E-state index contributed by atoms with van der Waals surface area (Å²) in [6, 6.07) is 4.95. The molecule has 92 valence electrons. The number of benzene rings is 1. The highest BCUT2D eigenvalue weighted by atomic mass is 16.3. The Hall–Kier alpha value is -1.91. The summed E-state index contributed by atoms with van der Waals surface area (Å²) in [6.07, 6.45) is 0. The average Bonchev–Trinajstić information content (AvgIpc) is 2.15. The van der Waals surface area contributed by atoms with E-state index in [2.05, 4.69) is 10.4 Å². The predicted octanol–water partition coefficient (Wildman–Crippen LogP) is 2.66. The van der Waals surface area contributed by atoms with Crippen LogP contribution in [0.1, 0.15) is 26.3 Å². The Balaban J connectivity index is 2.98. The molecule has 5 heteroatoms. The quantitative estimate of drug-likeness (QED) is 0.703. The van der Waals surface area contributed by atoms with E-state index >= 15 is 0 Å². The monoisotopic (exact) mass is 235 g/mol. The SMILES string of the molecule is CC(C)(C)c1cc(O)cc(NC(=O)CN=N)c1. The maximum absolute atomic E-state index is 11.3. The van der Waals surface area contributed by atoms with Gasteiger partial charge < -0.3 is 10.4 Å². The summed E-state index contributed by atoms with van der Waals surface area (Å²) < 4.78 is 0. The van der Waals surface area contributed by atoms with E-state index in [0.29, 0.717) is 5.69 Å². The number of nitrogens with one attached hydrogen (secondary N) is 2. The number of rotatable bonds is 3. The lowest BCUT2D eigenvalue weighted by atomic mass is 9.86. The molecule has 0 aromatic heterocycles. The summed E-state index contributed by atoms with van der Waals surface area (Å²) in [5, 5.41) is 15.2. The van der Waals surface area contributed by atoms with Crippen LogP contribution in [-0.4, -0.2) is 17.6 Å². The first-order valence-electron chi connectivity index (χ1n) is 5.30. The van der Waals surface area contributed by atoms with Crippen LogP contribution in [0.4, 0.5) is 5.69 Å². The molecule has 0 aliphatic carbocycles. The number of phenols is 1. The van der Waals surface area contributed by atoms with Crippen molar-refractivity contribution in [3.63, 3.8) is 0 Å². The van der Waals surface area contributed by atoms with Gasteiger partial charge in [0.2, 0.25) is 5.91 Å². The fraction of sp³-hybridized carbons (Fsp3) is 0.417. The highest BCUT2D eigenvalue weighted by Crippen LogP contribution is 2.29. The third-order valence-electron chi connectivity index (χ3n) is 2.29. The zero-order valence-corrected chi connectivity index (χ0v) is 10.2. The van der Waals surface area contributed by atoms with Gasteiger partial charge in [-0.1, -0.05) is 20.8 Å². The normalized spacial score (nSPS) is 11.0. The van der Waals surface area contributed by atoms with Crippen molar-refractivity contribution in [2.45, 2.75) is 26.2 Å². The van der Waals surface area contributed by atoms with E-state index in [-0.39, 0.29) is 23.6 Å². The van der Waals surface area contributed by atoms with Crippen LogP contribution in [0, 0.1) is 5.53 Å². The molecule has 1 aromatic rings. The molecule has 0 atom stereocenters. The van der Waals surface area contributed by atoms with Crippen molar-refractivity contribution in [1.29, 1.82) is 5.53 Å². The van der Waals surface area contributed by atoms with E-state index in [1.165, 1.54) is 6.07 Å². The van der Waals surface area contributed by atoms with E-state index in [1.807, 2.05) is 26.8 Å². The second kappa shape index (κ2) is 4.95. The fourth-order valence-corrected chi connectivity index (χ4v) is 1.39. The third-order valence-corrected chi connectivity index (χ3v) is 2.29. The molecule has 0 unspecified atom stereocenters. The standard InChI is InChI=1S/C12H17N3O2/c1-12(2,3)8-4-9(6-10(16)5-8)15-11(17)7-14-13/h4-6,13,16H,7H2,1-3H3,(H,15,17). The van der Waals surface area contributed by atoms with E-state index in [4.69, 9.17) is 5.53 Å². The molecule has 3 N–H and O–H groups in total. The van der Waals surface area contributed by atoms with Gasteiger partial charge in [-0.15, -0.1) is 0 Å². The summed E-state index contributed by atoms with van der Waals surface area (Å²) in [5.41, 5.74) is 7.93. The topological polar surface area (TPSA) is 85.5 Å². The summed E-state index contributed by atoms with van der Waals surface area (Å²) in [6.45, 7) is 5.85. The van der Waals surface area contributed by atoms with Crippen LogP contribution in [0.5, 0.6) is 5.75 Å². The van der Waals surface area contributed by atoms with E-state index in [9.17, 15) is 9.90 Å². The molecule has 1 aromatic carbocycles. The summed E-state index contributed by atoms with van der Waals surface area (Å²) in [7, 11) is 0. The van der Waals surface area contributed by atoms with E-state index in [1.54, 1.807) is 6.07 Å². The second-order valence-electron chi connectivity index (χ2n) is 4.88. The predicted molar refractivity (Wildman–Crippen MR) is 65.5 cm³/mol. The van der Waals surface area contributed by atoms with Gasteiger partial charge in [-0.2, -0.15) is 5.11 Å². The molecule has 0 heterocycles. The van der Waals surface area contributed by atoms with Crippen molar-refractivity contribution in [3.05, 3.63) is 23.8 Å². The Labute approximate surface area is 100 Å². The number of amides is 1. The van der Waals surface area contributed by atoms with Gasteiger partial charge in [0.25, 0.3) is 0 Å². The molecule has 0 saturated heterocycles. The molecule has 0 bridgehead atoms. The minimum Gasteiger partial charge on any atom is -0.508 e. The molecule has 17 heavy (non-hydrogen) atoms. The number of phenolic OH excluding ortho intramolecular Hbond substituents is 1. The Bertz CT molecular complexity index is 436. The molecule has 0 fully saturated rings. The first-order valence-corrected chi connectivity index (χ1v) is 5.30. The number of nitrogens with zero attached hydrogens (tertiary/aromatic N) is 1. The highest BCUT2D eigenvalue weighted by Gasteiger charge is 2.15. The smallest absolute Gasteiger partial charge is 0.247 e. The van der Waals surface area contributed by atoms with Gasteiger partial charge in [-0.05, 0) is 23.1 Å². The molecule has 5 nitrogen and oxygen atoms in total. The average molecular weight is 235 g/mol. The lowest BCUT2D eigenvalue weighted by molar-refractivity contribution is -0.115. The maximum Gasteiger partial charge on any atom is 0.247 e. The molecule has 1 rings (SSSR count). The second-order valence-corrected chi connectivity index (χ2v) is 4.88. The van der Waals surface area contributed by atoms with Crippen LogP contribution >= 0.6 is 0 Å². The zero-order valence-electron chi connectivity index (χ0n) is 10.2. The molecule has 0 radical (unpaired) electrons. The Morgan fingerprint density at radius 2 is 2.06 bits per heavy atom. The first-order chi connectivity index (χ1) is 7.82. The lowest BCUT2D eigenvalue weighted by Crippen LogP contribution is -2.16. The van der Waals surface area contributed by atoms with Crippen LogP contribution in [0.2, 0.25) is 0 Å². The van der Waals surface area contributed by atoms with Crippen molar-refractivity contribution >= 4 is 11.6 Å². The number of hydrogen-bond donors (Lipinski definition) is 3. The Morgan fingerprint density at radius 1 is 1.41 bits per heavy atom. The maximum atomic E-state index is 11.3. The Kier molecular flexibility index (Phi) is 3.83.